The highest BCUT2D eigenvalue weighted by molar-refractivity contribution is 7.17. The van der Waals surface area contributed by atoms with Gasteiger partial charge in [0, 0.05) is 24.0 Å². The summed E-state index contributed by atoms with van der Waals surface area (Å²) in [4.78, 5) is 31.9. The van der Waals surface area contributed by atoms with Crippen molar-refractivity contribution in [3.05, 3.63) is 63.0 Å². The molecule has 3 aromatic rings. The first-order chi connectivity index (χ1) is 15.6. The fraction of sp³-hybridized carbons (Fsp3) is 0.480. The molecule has 2 aromatic heterocycles. The maximum Gasteiger partial charge on any atom is 0.260 e. The van der Waals surface area contributed by atoms with Crippen molar-refractivity contribution in [1.29, 1.82) is 0 Å². The molecule has 166 valence electrons. The first-order valence-corrected chi connectivity index (χ1v) is 12.5. The molecule has 0 aliphatic heterocycles. The van der Waals surface area contributed by atoms with Crippen LogP contribution in [0, 0.1) is 17.8 Å². The van der Waals surface area contributed by atoms with E-state index in [4.69, 9.17) is 0 Å². The maximum absolute atomic E-state index is 12.6. The number of aromatic nitrogens is 2. The van der Waals surface area contributed by atoms with Gasteiger partial charge in [0.05, 0.1) is 17.3 Å². The van der Waals surface area contributed by atoms with Crippen LogP contribution in [0.25, 0.3) is 10.2 Å². The van der Waals surface area contributed by atoms with Crippen molar-refractivity contribution in [2.45, 2.75) is 57.2 Å². The molecule has 4 aliphatic rings. The average molecular weight is 449 g/mol. The molecule has 32 heavy (non-hydrogen) atoms. The van der Waals surface area contributed by atoms with Gasteiger partial charge in [0.1, 0.15) is 4.83 Å². The molecule has 0 atom stereocenters. The fourth-order valence-corrected chi connectivity index (χ4v) is 7.61. The van der Waals surface area contributed by atoms with Crippen LogP contribution in [0.4, 0.5) is 0 Å². The number of hydrogen-bond donors (Lipinski definition) is 3. The third kappa shape index (κ3) is 3.67. The number of benzene rings is 1. The van der Waals surface area contributed by atoms with Gasteiger partial charge in [0.25, 0.3) is 11.5 Å². The summed E-state index contributed by atoms with van der Waals surface area (Å²) in [5.74, 6) is 2.60. The number of H-pyrrole nitrogens is 1. The summed E-state index contributed by atoms with van der Waals surface area (Å²) < 4.78 is 0. The summed E-state index contributed by atoms with van der Waals surface area (Å²) in [5, 5.41) is 8.94. The molecule has 2 heterocycles. The van der Waals surface area contributed by atoms with Crippen molar-refractivity contribution in [2.75, 3.05) is 0 Å². The predicted octanol–water partition coefficient (Wildman–Crippen LogP) is 3.97. The summed E-state index contributed by atoms with van der Waals surface area (Å²) in [6.07, 6.45) is 9.84. The molecule has 3 N–H and O–H groups in total. The summed E-state index contributed by atoms with van der Waals surface area (Å²) in [5.41, 5.74) is 2.81. The molecule has 4 bridgehead atoms. The van der Waals surface area contributed by atoms with Gasteiger partial charge in [-0.2, -0.15) is 0 Å². The van der Waals surface area contributed by atoms with E-state index >= 15 is 0 Å². The minimum absolute atomic E-state index is 0.248. The van der Waals surface area contributed by atoms with Crippen LogP contribution in [0.5, 0.6) is 0 Å². The molecule has 0 radical (unpaired) electrons. The molecule has 0 spiro atoms. The van der Waals surface area contributed by atoms with Crippen LogP contribution in [0.1, 0.15) is 60.0 Å². The average Bonchev–Trinajstić information content (AvgIpc) is 3.22. The van der Waals surface area contributed by atoms with Crippen LogP contribution in [-0.2, 0) is 13.1 Å². The van der Waals surface area contributed by atoms with Crippen molar-refractivity contribution in [3.63, 3.8) is 0 Å². The highest BCUT2D eigenvalue weighted by Gasteiger charge is 2.50. The zero-order valence-electron chi connectivity index (χ0n) is 18.0. The number of fused-ring (bicyclic) bond motifs is 1. The Labute approximate surface area is 190 Å². The van der Waals surface area contributed by atoms with Gasteiger partial charge in [-0.3, -0.25) is 9.59 Å². The summed E-state index contributed by atoms with van der Waals surface area (Å²) in [7, 11) is 0. The van der Waals surface area contributed by atoms with Crippen LogP contribution in [0.15, 0.2) is 40.8 Å². The van der Waals surface area contributed by atoms with Gasteiger partial charge in [0.2, 0.25) is 0 Å². The molecular formula is C25H28N4O2S. The molecule has 7 rings (SSSR count). The quantitative estimate of drug-likeness (QED) is 0.532. The molecule has 4 aliphatic carbocycles. The summed E-state index contributed by atoms with van der Waals surface area (Å²) in [6.45, 7) is 1.34. The number of nitrogens with zero attached hydrogens (tertiary/aromatic N) is 1. The lowest BCUT2D eigenvalue weighted by Gasteiger charge is -2.57. The molecule has 4 fully saturated rings. The Hall–Kier alpha value is -2.51. The number of rotatable bonds is 6. The highest BCUT2D eigenvalue weighted by Crippen LogP contribution is 2.55. The van der Waals surface area contributed by atoms with E-state index in [0.29, 0.717) is 27.9 Å². The van der Waals surface area contributed by atoms with E-state index in [1.165, 1.54) is 61.8 Å². The van der Waals surface area contributed by atoms with E-state index in [9.17, 15) is 9.59 Å². The largest absolute Gasteiger partial charge is 0.348 e. The van der Waals surface area contributed by atoms with Crippen LogP contribution in [0.3, 0.4) is 0 Å². The molecule has 1 amide bonds. The second-order valence-corrected chi connectivity index (χ2v) is 11.0. The molecule has 0 unspecified atom stereocenters. The number of carbonyl (C=O) groups excluding carboxylic acids is 1. The van der Waals surface area contributed by atoms with Crippen molar-refractivity contribution in [3.8, 4) is 0 Å². The molecule has 7 heteroatoms. The standard InChI is InChI=1S/C25H28N4O2S/c30-22(20-13-32-24-21(20)23(31)27-14-28-24)26-11-15-1-3-16(4-2-15)12-29-25-8-17-5-18(9-25)7-19(6-17)10-25/h1-4,13-14,17-19,29H,5-12H2,(H,26,30)(H,27,28,31). The van der Waals surface area contributed by atoms with E-state index in [-0.39, 0.29) is 11.5 Å². The fourth-order valence-electron chi connectivity index (χ4n) is 6.72. The Morgan fingerprint density at radius 2 is 1.66 bits per heavy atom. The van der Waals surface area contributed by atoms with Crippen LogP contribution >= 0.6 is 11.3 Å². The molecule has 6 nitrogen and oxygen atoms in total. The normalized spacial score (nSPS) is 28.3. The first-order valence-electron chi connectivity index (χ1n) is 11.6. The molecular weight excluding hydrogens is 420 g/mol. The molecule has 1 aromatic carbocycles. The van der Waals surface area contributed by atoms with Crippen molar-refractivity contribution in [2.24, 2.45) is 17.8 Å². The van der Waals surface area contributed by atoms with E-state index in [1.54, 1.807) is 5.38 Å². The van der Waals surface area contributed by atoms with Gasteiger partial charge >= 0.3 is 0 Å². The van der Waals surface area contributed by atoms with Gasteiger partial charge < -0.3 is 15.6 Å². The third-order valence-corrected chi connectivity index (χ3v) is 8.69. The number of thiophene rings is 1. The Balaban J connectivity index is 1.06. The maximum atomic E-state index is 12.6. The topological polar surface area (TPSA) is 86.9 Å². The Morgan fingerprint density at radius 3 is 2.31 bits per heavy atom. The lowest BCUT2D eigenvalue weighted by molar-refractivity contribution is -0.0206. The predicted molar refractivity (Wildman–Crippen MR) is 126 cm³/mol. The second-order valence-electron chi connectivity index (χ2n) is 10.1. The van der Waals surface area contributed by atoms with Gasteiger partial charge in [-0.15, -0.1) is 11.3 Å². The van der Waals surface area contributed by atoms with Crippen molar-refractivity contribution >= 4 is 27.5 Å². The summed E-state index contributed by atoms with van der Waals surface area (Å²) >= 11 is 1.31. The Bertz CT molecular complexity index is 1180. The number of hydrogen-bond acceptors (Lipinski definition) is 5. The lowest BCUT2D eigenvalue weighted by Crippen LogP contribution is -2.58. The van der Waals surface area contributed by atoms with Crippen LogP contribution in [-0.4, -0.2) is 21.4 Å². The number of amides is 1. The smallest absolute Gasteiger partial charge is 0.260 e. The van der Waals surface area contributed by atoms with Crippen molar-refractivity contribution < 1.29 is 4.79 Å². The minimum atomic E-state index is -0.280. The van der Waals surface area contributed by atoms with E-state index in [0.717, 1.165) is 29.9 Å². The zero-order chi connectivity index (χ0) is 21.7. The van der Waals surface area contributed by atoms with E-state index in [1.807, 2.05) is 0 Å². The van der Waals surface area contributed by atoms with Gasteiger partial charge in [-0.25, -0.2) is 4.98 Å². The molecule has 4 saturated carbocycles. The lowest BCUT2D eigenvalue weighted by atomic mass is 9.53. The molecule has 0 saturated heterocycles. The SMILES string of the molecule is O=C(NCc1ccc(CNC23CC4CC(CC(C4)C2)C3)cc1)c1csc2nc[nH]c(=O)c12. The first kappa shape index (κ1) is 20.1. The Kier molecular flexibility index (Phi) is 4.91. The Morgan fingerprint density at radius 1 is 1.03 bits per heavy atom. The van der Waals surface area contributed by atoms with E-state index in [2.05, 4.69) is 44.9 Å². The van der Waals surface area contributed by atoms with Crippen LogP contribution in [0.2, 0.25) is 0 Å². The number of aromatic amines is 1. The van der Waals surface area contributed by atoms with E-state index < -0.39 is 0 Å². The third-order valence-electron chi connectivity index (χ3n) is 7.80. The minimum Gasteiger partial charge on any atom is -0.348 e. The van der Waals surface area contributed by atoms with Gasteiger partial charge in [-0.05, 0) is 67.4 Å². The van der Waals surface area contributed by atoms with Crippen molar-refractivity contribution in [1.82, 2.24) is 20.6 Å². The van der Waals surface area contributed by atoms with Crippen LogP contribution < -0.4 is 16.2 Å². The van der Waals surface area contributed by atoms with Gasteiger partial charge in [-0.1, -0.05) is 24.3 Å². The monoisotopic (exact) mass is 448 g/mol. The second kappa shape index (κ2) is 7.81. The highest BCUT2D eigenvalue weighted by atomic mass is 32.1. The zero-order valence-corrected chi connectivity index (χ0v) is 18.8. The number of carbonyl (C=O) groups is 1. The summed E-state index contributed by atoms with van der Waals surface area (Å²) in [6, 6.07) is 8.47. The number of nitrogens with one attached hydrogen (secondary N) is 3. The van der Waals surface area contributed by atoms with Gasteiger partial charge in [0.15, 0.2) is 0 Å².